The van der Waals surface area contributed by atoms with Crippen molar-refractivity contribution >= 4 is 35.8 Å². The second kappa shape index (κ2) is 12.8. The lowest BCUT2D eigenvalue weighted by atomic mass is 10.3. The minimum absolute atomic E-state index is 0. The highest BCUT2D eigenvalue weighted by Gasteiger charge is 2.25. The largest absolute Gasteiger partial charge is 0.383 e. The number of nitrogens with zero attached hydrogens (tertiary/aromatic N) is 3. The summed E-state index contributed by atoms with van der Waals surface area (Å²) in [6.45, 7) is 6.92. The summed E-state index contributed by atoms with van der Waals surface area (Å²) >= 11 is 0. The van der Waals surface area contributed by atoms with E-state index in [0.717, 1.165) is 51.7 Å². The Hall–Kier alpha value is -0.610. The van der Waals surface area contributed by atoms with E-state index in [1.165, 1.54) is 0 Å². The zero-order valence-corrected chi connectivity index (χ0v) is 17.1. The number of nitrogens with one attached hydrogen (secondary N) is 2. The van der Waals surface area contributed by atoms with E-state index in [9.17, 15) is 4.79 Å². The molecule has 0 spiro atoms. The summed E-state index contributed by atoms with van der Waals surface area (Å²) in [5, 5.41) is 6.71. The standard InChI is InChI=1S/C15H31N5O2.HI/c1-5-14(21)20-8-6-13(12-20)18-15(16-2)17-7-9-19(3)10-11-22-4;/h13H,5-12H2,1-4H3,(H2,16,17,18);1H. The van der Waals surface area contributed by atoms with Gasteiger partial charge in [0.1, 0.15) is 0 Å². The molecule has 1 rings (SSSR count). The molecule has 7 nitrogen and oxygen atoms in total. The smallest absolute Gasteiger partial charge is 0.222 e. The lowest BCUT2D eigenvalue weighted by Crippen LogP contribution is -2.46. The number of likely N-dealkylation sites (tertiary alicyclic amines) is 1. The van der Waals surface area contributed by atoms with Crippen molar-refractivity contribution in [1.82, 2.24) is 20.4 Å². The second-order valence-corrected chi connectivity index (χ2v) is 5.62. The second-order valence-electron chi connectivity index (χ2n) is 5.62. The molecule has 23 heavy (non-hydrogen) atoms. The van der Waals surface area contributed by atoms with Gasteiger partial charge in [-0.3, -0.25) is 9.79 Å². The van der Waals surface area contributed by atoms with Crippen LogP contribution in [0.25, 0.3) is 0 Å². The van der Waals surface area contributed by atoms with Crippen LogP contribution >= 0.6 is 24.0 Å². The Labute approximate surface area is 157 Å². The van der Waals surface area contributed by atoms with Crippen LogP contribution in [0.2, 0.25) is 0 Å². The van der Waals surface area contributed by atoms with Crippen LogP contribution in [0, 0.1) is 0 Å². The maximum Gasteiger partial charge on any atom is 0.222 e. The number of ether oxygens (including phenoxy) is 1. The monoisotopic (exact) mass is 441 g/mol. The minimum atomic E-state index is 0. The fraction of sp³-hybridized carbons (Fsp3) is 0.867. The number of hydrogen-bond acceptors (Lipinski definition) is 4. The molecule has 1 atom stereocenters. The Morgan fingerprint density at radius 1 is 1.43 bits per heavy atom. The lowest BCUT2D eigenvalue weighted by Gasteiger charge is -2.20. The van der Waals surface area contributed by atoms with Crippen molar-refractivity contribution in [3.8, 4) is 0 Å². The molecule has 0 aromatic heterocycles. The summed E-state index contributed by atoms with van der Waals surface area (Å²) in [6.07, 6.45) is 1.55. The molecular formula is C15H32IN5O2. The van der Waals surface area contributed by atoms with E-state index in [2.05, 4.69) is 27.6 Å². The van der Waals surface area contributed by atoms with Crippen molar-refractivity contribution in [3.05, 3.63) is 0 Å². The Bertz CT molecular complexity index is 368. The van der Waals surface area contributed by atoms with Gasteiger partial charge in [-0.25, -0.2) is 0 Å². The molecule has 1 fully saturated rings. The number of carbonyl (C=O) groups excluding carboxylic acids is 1. The zero-order valence-electron chi connectivity index (χ0n) is 14.8. The van der Waals surface area contributed by atoms with Gasteiger partial charge in [0.05, 0.1) is 6.61 Å². The molecule has 1 amide bonds. The fourth-order valence-corrected chi connectivity index (χ4v) is 2.44. The van der Waals surface area contributed by atoms with Crippen LogP contribution in [-0.4, -0.2) is 88.2 Å². The summed E-state index contributed by atoms with van der Waals surface area (Å²) in [5.74, 6) is 1.03. The highest BCUT2D eigenvalue weighted by atomic mass is 127. The summed E-state index contributed by atoms with van der Waals surface area (Å²) in [4.78, 5) is 20.1. The van der Waals surface area contributed by atoms with Crippen LogP contribution in [0.4, 0.5) is 0 Å². The van der Waals surface area contributed by atoms with E-state index in [4.69, 9.17) is 4.74 Å². The molecule has 1 aliphatic rings. The molecule has 1 saturated heterocycles. The van der Waals surface area contributed by atoms with E-state index in [-0.39, 0.29) is 35.9 Å². The SMILES string of the molecule is CCC(=O)N1CCC(NC(=NC)NCCN(C)CCOC)C1.I. The van der Waals surface area contributed by atoms with Crippen LogP contribution < -0.4 is 10.6 Å². The van der Waals surface area contributed by atoms with E-state index in [1.54, 1.807) is 14.2 Å². The molecule has 136 valence electrons. The summed E-state index contributed by atoms with van der Waals surface area (Å²) in [6, 6.07) is 0.285. The van der Waals surface area contributed by atoms with Crippen LogP contribution in [0.15, 0.2) is 4.99 Å². The van der Waals surface area contributed by atoms with Crippen LogP contribution in [0.5, 0.6) is 0 Å². The first-order valence-electron chi connectivity index (χ1n) is 8.03. The van der Waals surface area contributed by atoms with Crippen molar-refractivity contribution in [2.45, 2.75) is 25.8 Å². The Morgan fingerprint density at radius 3 is 2.78 bits per heavy atom. The summed E-state index contributed by atoms with van der Waals surface area (Å²) in [5.41, 5.74) is 0. The number of likely N-dealkylation sites (N-methyl/N-ethyl adjacent to an activating group) is 1. The number of rotatable bonds is 8. The number of aliphatic imine (C=N–C) groups is 1. The average Bonchev–Trinajstić information content (AvgIpc) is 2.99. The number of hydrogen-bond donors (Lipinski definition) is 2. The average molecular weight is 441 g/mol. The van der Waals surface area contributed by atoms with Gasteiger partial charge in [0.2, 0.25) is 5.91 Å². The molecule has 1 aliphatic heterocycles. The molecule has 8 heteroatoms. The number of methoxy groups -OCH3 is 1. The molecule has 1 heterocycles. The number of guanidine groups is 1. The minimum Gasteiger partial charge on any atom is -0.383 e. The van der Waals surface area contributed by atoms with Gasteiger partial charge in [-0.2, -0.15) is 0 Å². The van der Waals surface area contributed by atoms with Gasteiger partial charge in [-0.1, -0.05) is 6.92 Å². The van der Waals surface area contributed by atoms with Crippen molar-refractivity contribution < 1.29 is 9.53 Å². The normalized spacial score (nSPS) is 18.0. The lowest BCUT2D eigenvalue weighted by molar-refractivity contribution is -0.129. The molecule has 0 saturated carbocycles. The van der Waals surface area contributed by atoms with Crippen LogP contribution in [0.3, 0.4) is 0 Å². The third-order valence-electron chi connectivity index (χ3n) is 3.87. The predicted molar refractivity (Wildman–Crippen MR) is 105 cm³/mol. The first kappa shape index (κ1) is 22.4. The number of amides is 1. The number of halogens is 1. The van der Waals surface area contributed by atoms with Crippen molar-refractivity contribution in [2.75, 3.05) is 60.5 Å². The van der Waals surface area contributed by atoms with Crippen LogP contribution in [-0.2, 0) is 9.53 Å². The van der Waals surface area contributed by atoms with Gasteiger partial charge < -0.3 is 25.2 Å². The summed E-state index contributed by atoms with van der Waals surface area (Å²) in [7, 11) is 5.56. The molecule has 0 radical (unpaired) electrons. The fourth-order valence-electron chi connectivity index (χ4n) is 2.44. The molecule has 0 aromatic rings. The maximum atomic E-state index is 11.7. The van der Waals surface area contributed by atoms with Crippen molar-refractivity contribution in [2.24, 2.45) is 4.99 Å². The molecule has 2 N–H and O–H groups in total. The molecule has 0 aliphatic carbocycles. The molecule has 0 aromatic carbocycles. The highest BCUT2D eigenvalue weighted by molar-refractivity contribution is 14.0. The van der Waals surface area contributed by atoms with Crippen molar-refractivity contribution in [1.29, 1.82) is 0 Å². The van der Waals surface area contributed by atoms with E-state index < -0.39 is 0 Å². The zero-order chi connectivity index (χ0) is 16.4. The topological polar surface area (TPSA) is 69.2 Å². The van der Waals surface area contributed by atoms with E-state index in [1.807, 2.05) is 11.8 Å². The van der Waals surface area contributed by atoms with Gasteiger partial charge in [0.25, 0.3) is 0 Å². The van der Waals surface area contributed by atoms with Gasteiger partial charge in [-0.05, 0) is 13.5 Å². The Morgan fingerprint density at radius 2 is 2.17 bits per heavy atom. The van der Waals surface area contributed by atoms with E-state index in [0.29, 0.717) is 6.42 Å². The van der Waals surface area contributed by atoms with E-state index >= 15 is 0 Å². The van der Waals surface area contributed by atoms with Gasteiger partial charge in [0, 0.05) is 59.3 Å². The van der Waals surface area contributed by atoms with Crippen LogP contribution in [0.1, 0.15) is 19.8 Å². The third-order valence-corrected chi connectivity index (χ3v) is 3.87. The van der Waals surface area contributed by atoms with Crippen molar-refractivity contribution in [3.63, 3.8) is 0 Å². The Kier molecular flexibility index (Phi) is 12.4. The van der Waals surface area contributed by atoms with Gasteiger partial charge in [0.15, 0.2) is 5.96 Å². The maximum absolute atomic E-state index is 11.7. The quantitative estimate of drug-likeness (QED) is 0.324. The number of carbonyl (C=O) groups is 1. The van der Waals surface area contributed by atoms with Gasteiger partial charge in [-0.15, -0.1) is 24.0 Å². The molecule has 0 bridgehead atoms. The Balaban J connectivity index is 0.00000484. The predicted octanol–water partition coefficient (Wildman–Crippen LogP) is 0.359. The molecular weight excluding hydrogens is 409 g/mol. The summed E-state index contributed by atoms with van der Waals surface area (Å²) < 4.78 is 5.06. The first-order valence-corrected chi connectivity index (χ1v) is 8.03. The third kappa shape index (κ3) is 8.71. The molecule has 1 unspecified atom stereocenters. The first-order chi connectivity index (χ1) is 10.6. The highest BCUT2D eigenvalue weighted by Crippen LogP contribution is 2.10. The van der Waals surface area contributed by atoms with Gasteiger partial charge >= 0.3 is 0 Å².